The van der Waals surface area contributed by atoms with E-state index in [1.54, 1.807) is 0 Å². The van der Waals surface area contributed by atoms with Gasteiger partial charge in [-0.3, -0.25) is 0 Å². The third-order valence-corrected chi connectivity index (χ3v) is 6.43. The van der Waals surface area contributed by atoms with Gasteiger partial charge in [0.15, 0.2) is 17.5 Å². The van der Waals surface area contributed by atoms with Crippen LogP contribution in [-0.4, -0.2) is 29.5 Å². The van der Waals surface area contributed by atoms with Gasteiger partial charge in [-0.05, 0) is 55.5 Å². The monoisotopic (exact) mass is 426 g/mol. The minimum Gasteiger partial charge on any atom is -0.242 e. The number of nitrogens with zero attached hydrogens (tertiary/aromatic N) is 6. The minimum absolute atomic E-state index is 0.395. The standard InChI is InChI=1S/C26H30N6/c1-19-13-14-27-25(15-19)31-18-22(17-28-31)26-29-24(16-21-10-8-7-9-20(21)2)30-32(26)23-11-5-3-4-6-12-23/h7-10,13-15,17-18,23H,3-6,11-12,16H2,1-2H3. The van der Waals surface area contributed by atoms with Crippen LogP contribution in [0.3, 0.4) is 0 Å². The summed E-state index contributed by atoms with van der Waals surface area (Å²) in [6, 6.07) is 12.9. The molecule has 6 nitrogen and oxygen atoms in total. The number of aryl methyl sites for hydroxylation is 2. The number of hydrogen-bond donors (Lipinski definition) is 0. The van der Waals surface area contributed by atoms with Crippen LogP contribution in [0.4, 0.5) is 0 Å². The highest BCUT2D eigenvalue weighted by Gasteiger charge is 2.22. The molecular weight excluding hydrogens is 396 g/mol. The molecule has 1 fully saturated rings. The summed E-state index contributed by atoms with van der Waals surface area (Å²) in [5.74, 6) is 2.61. The maximum absolute atomic E-state index is 5.04. The Morgan fingerprint density at radius 2 is 1.81 bits per heavy atom. The second-order valence-electron chi connectivity index (χ2n) is 8.91. The second-order valence-corrected chi connectivity index (χ2v) is 8.91. The fourth-order valence-electron chi connectivity index (χ4n) is 4.58. The number of aromatic nitrogens is 6. The molecular formula is C26H30N6. The third kappa shape index (κ3) is 4.35. The molecule has 32 heavy (non-hydrogen) atoms. The molecule has 0 aliphatic heterocycles. The number of benzene rings is 1. The Balaban J connectivity index is 1.52. The van der Waals surface area contributed by atoms with Crippen molar-refractivity contribution >= 4 is 0 Å². The summed E-state index contributed by atoms with van der Waals surface area (Å²) >= 11 is 0. The summed E-state index contributed by atoms with van der Waals surface area (Å²) in [5.41, 5.74) is 4.70. The van der Waals surface area contributed by atoms with Crippen molar-refractivity contribution in [2.75, 3.05) is 0 Å². The highest BCUT2D eigenvalue weighted by molar-refractivity contribution is 5.54. The highest BCUT2D eigenvalue weighted by atomic mass is 15.4. The first kappa shape index (κ1) is 20.6. The van der Waals surface area contributed by atoms with Gasteiger partial charge in [-0.15, -0.1) is 0 Å². The van der Waals surface area contributed by atoms with Gasteiger partial charge in [-0.2, -0.15) is 10.2 Å². The van der Waals surface area contributed by atoms with E-state index in [1.165, 1.54) is 36.8 Å². The second kappa shape index (κ2) is 9.07. The van der Waals surface area contributed by atoms with Crippen molar-refractivity contribution in [1.82, 2.24) is 29.5 Å². The molecule has 3 aromatic heterocycles. The van der Waals surface area contributed by atoms with Gasteiger partial charge in [0.2, 0.25) is 0 Å². The SMILES string of the molecule is Cc1ccnc(-n2cc(-c3nc(Cc4ccccc4C)nn3C3CCCCCC3)cn2)c1. The van der Waals surface area contributed by atoms with Crippen LogP contribution in [0.15, 0.2) is 55.0 Å². The maximum atomic E-state index is 5.04. The molecule has 3 heterocycles. The van der Waals surface area contributed by atoms with Crippen LogP contribution in [0.5, 0.6) is 0 Å². The minimum atomic E-state index is 0.395. The topological polar surface area (TPSA) is 61.4 Å². The summed E-state index contributed by atoms with van der Waals surface area (Å²) in [6.07, 6.45) is 13.9. The van der Waals surface area contributed by atoms with Crippen molar-refractivity contribution < 1.29 is 0 Å². The lowest BCUT2D eigenvalue weighted by Crippen LogP contribution is -2.12. The fourth-order valence-corrected chi connectivity index (χ4v) is 4.58. The Labute approximate surface area is 189 Å². The van der Waals surface area contributed by atoms with E-state index in [9.17, 15) is 0 Å². The van der Waals surface area contributed by atoms with E-state index in [1.807, 2.05) is 35.4 Å². The van der Waals surface area contributed by atoms with Crippen molar-refractivity contribution in [3.8, 4) is 17.2 Å². The van der Waals surface area contributed by atoms with Crippen molar-refractivity contribution in [2.45, 2.75) is 64.8 Å². The Kier molecular flexibility index (Phi) is 5.84. The van der Waals surface area contributed by atoms with Crippen LogP contribution in [0, 0.1) is 13.8 Å². The molecule has 164 valence electrons. The molecule has 1 aliphatic carbocycles. The van der Waals surface area contributed by atoms with E-state index in [0.29, 0.717) is 6.04 Å². The summed E-state index contributed by atoms with van der Waals surface area (Å²) in [7, 11) is 0. The molecule has 0 N–H and O–H groups in total. The average Bonchev–Trinajstić information content (AvgIpc) is 3.35. The molecule has 0 radical (unpaired) electrons. The van der Waals surface area contributed by atoms with Gasteiger partial charge in [0.1, 0.15) is 0 Å². The van der Waals surface area contributed by atoms with Crippen LogP contribution in [0.25, 0.3) is 17.2 Å². The molecule has 1 aromatic carbocycles. The first-order valence-corrected chi connectivity index (χ1v) is 11.7. The van der Waals surface area contributed by atoms with Gasteiger partial charge < -0.3 is 0 Å². The number of hydrogen-bond acceptors (Lipinski definition) is 4. The lowest BCUT2D eigenvalue weighted by Gasteiger charge is -2.16. The van der Waals surface area contributed by atoms with Crippen LogP contribution in [0.2, 0.25) is 0 Å². The zero-order chi connectivity index (χ0) is 21.9. The Bertz CT molecular complexity index is 1200. The molecule has 0 spiro atoms. The van der Waals surface area contributed by atoms with E-state index >= 15 is 0 Å². The van der Waals surface area contributed by atoms with Gasteiger partial charge in [-0.25, -0.2) is 19.3 Å². The molecule has 0 saturated heterocycles. The predicted octanol–water partition coefficient (Wildman–Crippen LogP) is 5.63. The Hall–Kier alpha value is -3.28. The Morgan fingerprint density at radius 3 is 2.59 bits per heavy atom. The summed E-state index contributed by atoms with van der Waals surface area (Å²) in [5, 5.41) is 9.63. The Morgan fingerprint density at radius 1 is 1.00 bits per heavy atom. The first-order valence-electron chi connectivity index (χ1n) is 11.7. The van der Waals surface area contributed by atoms with Gasteiger partial charge in [0.05, 0.1) is 17.8 Å². The van der Waals surface area contributed by atoms with E-state index in [4.69, 9.17) is 10.1 Å². The zero-order valence-electron chi connectivity index (χ0n) is 18.9. The molecule has 0 atom stereocenters. The quantitative estimate of drug-likeness (QED) is 0.388. The van der Waals surface area contributed by atoms with Crippen LogP contribution in [-0.2, 0) is 6.42 Å². The van der Waals surface area contributed by atoms with Gasteiger partial charge in [-0.1, -0.05) is 49.9 Å². The largest absolute Gasteiger partial charge is 0.242 e. The van der Waals surface area contributed by atoms with E-state index in [2.05, 4.69) is 52.9 Å². The maximum Gasteiger partial charge on any atom is 0.161 e. The normalized spacial score (nSPS) is 15.1. The van der Waals surface area contributed by atoms with Crippen molar-refractivity contribution in [3.05, 3.63) is 77.5 Å². The summed E-state index contributed by atoms with van der Waals surface area (Å²) < 4.78 is 4.01. The van der Waals surface area contributed by atoms with E-state index in [-0.39, 0.29) is 0 Å². The van der Waals surface area contributed by atoms with Gasteiger partial charge in [0.25, 0.3) is 0 Å². The lowest BCUT2D eigenvalue weighted by molar-refractivity contribution is 0.407. The summed E-state index contributed by atoms with van der Waals surface area (Å²) in [4.78, 5) is 9.50. The lowest BCUT2D eigenvalue weighted by atomic mass is 10.1. The molecule has 0 bridgehead atoms. The zero-order valence-corrected chi connectivity index (χ0v) is 18.9. The van der Waals surface area contributed by atoms with E-state index < -0.39 is 0 Å². The third-order valence-electron chi connectivity index (χ3n) is 6.43. The van der Waals surface area contributed by atoms with Crippen LogP contribution >= 0.6 is 0 Å². The smallest absolute Gasteiger partial charge is 0.161 e. The van der Waals surface area contributed by atoms with Crippen LogP contribution < -0.4 is 0 Å². The number of rotatable bonds is 5. The fraction of sp³-hybridized carbons (Fsp3) is 0.385. The summed E-state index contributed by atoms with van der Waals surface area (Å²) in [6.45, 7) is 4.22. The molecule has 1 aliphatic rings. The van der Waals surface area contributed by atoms with Gasteiger partial charge >= 0.3 is 0 Å². The predicted molar refractivity (Wildman–Crippen MR) is 126 cm³/mol. The first-order chi connectivity index (χ1) is 15.7. The van der Waals surface area contributed by atoms with Gasteiger partial charge in [0, 0.05) is 18.8 Å². The van der Waals surface area contributed by atoms with Crippen LogP contribution in [0.1, 0.15) is 67.1 Å². The van der Waals surface area contributed by atoms with Crippen molar-refractivity contribution in [3.63, 3.8) is 0 Å². The molecule has 0 amide bonds. The van der Waals surface area contributed by atoms with E-state index in [0.717, 1.165) is 47.9 Å². The molecule has 5 rings (SSSR count). The number of pyridine rings is 1. The molecule has 1 saturated carbocycles. The van der Waals surface area contributed by atoms with Crippen molar-refractivity contribution in [1.29, 1.82) is 0 Å². The molecule has 6 heteroatoms. The highest BCUT2D eigenvalue weighted by Crippen LogP contribution is 2.31. The molecule has 4 aromatic rings. The molecule has 0 unspecified atom stereocenters. The average molecular weight is 427 g/mol. The van der Waals surface area contributed by atoms with Crippen molar-refractivity contribution in [2.24, 2.45) is 0 Å².